The molecule has 4 rings (SSSR count). The van der Waals surface area contributed by atoms with Crippen LogP contribution in [-0.4, -0.2) is 39.4 Å². The van der Waals surface area contributed by atoms with Gasteiger partial charge in [-0.05, 0) is 30.5 Å². The summed E-state index contributed by atoms with van der Waals surface area (Å²) < 4.78 is 0. The second-order valence-corrected chi connectivity index (χ2v) is 8.29. The van der Waals surface area contributed by atoms with E-state index < -0.39 is 17.7 Å². The minimum atomic E-state index is -0.571. The van der Waals surface area contributed by atoms with Gasteiger partial charge >= 0.3 is 6.15 Å². The molecule has 1 atom stereocenters. The quantitative estimate of drug-likeness (QED) is 0.594. The molecule has 0 saturated heterocycles. The molecule has 33 heavy (non-hydrogen) atoms. The van der Waals surface area contributed by atoms with Crippen molar-refractivity contribution in [2.45, 2.75) is 33.2 Å². The number of aliphatic hydroxyl groups excluding tert-OH is 1. The SMILES string of the molecule is Cc1ccc(C2C(C(=O)C(C)C)=C(O)C(=O)N2CCc2c[nH]c3ccccc23)cc1.O=C=O. The molecule has 1 aliphatic heterocycles. The zero-order chi connectivity index (χ0) is 24.1. The molecule has 1 unspecified atom stereocenters. The number of nitrogens with one attached hydrogen (secondary N) is 1. The number of amides is 1. The first kappa shape index (κ1) is 23.7. The molecule has 1 aliphatic rings. The van der Waals surface area contributed by atoms with Gasteiger partial charge in [-0.3, -0.25) is 9.59 Å². The second kappa shape index (κ2) is 10.1. The summed E-state index contributed by atoms with van der Waals surface area (Å²) >= 11 is 0. The number of aryl methyl sites for hydroxylation is 1. The number of benzene rings is 2. The fraction of sp³-hybridized carbons (Fsp3) is 0.269. The number of hydrogen-bond acceptors (Lipinski definition) is 5. The lowest BCUT2D eigenvalue weighted by Gasteiger charge is -2.27. The Bertz CT molecular complexity index is 1230. The van der Waals surface area contributed by atoms with Crippen molar-refractivity contribution in [2.24, 2.45) is 5.92 Å². The van der Waals surface area contributed by atoms with Crippen molar-refractivity contribution in [3.05, 3.63) is 82.8 Å². The Hall–Kier alpha value is -3.96. The summed E-state index contributed by atoms with van der Waals surface area (Å²) in [5, 5.41) is 11.7. The molecule has 170 valence electrons. The first-order chi connectivity index (χ1) is 15.8. The molecule has 3 aromatic rings. The summed E-state index contributed by atoms with van der Waals surface area (Å²) in [6, 6.07) is 15.2. The molecule has 0 saturated carbocycles. The Kier molecular flexibility index (Phi) is 7.26. The number of ketones is 1. The fourth-order valence-electron chi connectivity index (χ4n) is 4.12. The smallest absolute Gasteiger partial charge is 0.373 e. The van der Waals surface area contributed by atoms with Gasteiger partial charge in [0.15, 0.2) is 11.5 Å². The topological polar surface area (TPSA) is 108 Å². The maximum atomic E-state index is 13.0. The highest BCUT2D eigenvalue weighted by Gasteiger charge is 2.43. The van der Waals surface area contributed by atoms with Crippen molar-refractivity contribution >= 4 is 28.7 Å². The average molecular weight is 447 g/mol. The minimum Gasteiger partial charge on any atom is -0.503 e. The van der Waals surface area contributed by atoms with E-state index in [-0.39, 0.29) is 23.4 Å². The molecule has 7 nitrogen and oxygen atoms in total. The lowest BCUT2D eigenvalue weighted by molar-refractivity contribution is -0.191. The highest BCUT2D eigenvalue weighted by molar-refractivity contribution is 6.09. The number of aromatic nitrogens is 1. The fourth-order valence-corrected chi connectivity index (χ4v) is 4.12. The van der Waals surface area contributed by atoms with E-state index in [0.717, 1.165) is 27.6 Å². The highest BCUT2D eigenvalue weighted by atomic mass is 16.3. The lowest BCUT2D eigenvalue weighted by Crippen LogP contribution is -2.33. The third-order valence-corrected chi connectivity index (χ3v) is 5.78. The standard InChI is InChI=1S/C25H26N2O3.CO2/c1-15(2)23(28)21-22(17-10-8-16(3)9-11-17)27(25(30)24(21)29)13-12-18-14-26-20-7-5-4-6-19(18)20;2-1-3/h4-11,14-15,22,26,29H,12-13H2,1-3H3;. The van der Waals surface area contributed by atoms with Crippen molar-refractivity contribution in [1.82, 2.24) is 9.88 Å². The molecule has 2 heterocycles. The van der Waals surface area contributed by atoms with Crippen LogP contribution in [0.3, 0.4) is 0 Å². The Morgan fingerprint density at radius 3 is 2.39 bits per heavy atom. The van der Waals surface area contributed by atoms with Crippen molar-refractivity contribution in [3.8, 4) is 0 Å². The van der Waals surface area contributed by atoms with E-state index >= 15 is 0 Å². The number of carbonyl (C=O) groups is 2. The third kappa shape index (κ3) is 4.78. The van der Waals surface area contributed by atoms with Gasteiger partial charge in [-0.1, -0.05) is 61.9 Å². The van der Waals surface area contributed by atoms with Crippen LogP contribution in [0.1, 0.15) is 36.6 Å². The van der Waals surface area contributed by atoms with E-state index in [1.807, 2.05) is 61.7 Å². The molecule has 0 spiro atoms. The van der Waals surface area contributed by atoms with Gasteiger partial charge in [-0.15, -0.1) is 0 Å². The summed E-state index contributed by atoms with van der Waals surface area (Å²) in [4.78, 5) is 47.0. The zero-order valence-corrected chi connectivity index (χ0v) is 18.8. The largest absolute Gasteiger partial charge is 0.503 e. The molecule has 1 aromatic heterocycles. The van der Waals surface area contributed by atoms with Crippen LogP contribution in [0.15, 0.2) is 66.1 Å². The first-order valence-electron chi connectivity index (χ1n) is 10.7. The number of fused-ring (bicyclic) bond motifs is 1. The predicted molar refractivity (Wildman–Crippen MR) is 122 cm³/mol. The first-order valence-corrected chi connectivity index (χ1v) is 10.7. The van der Waals surface area contributed by atoms with Crippen molar-refractivity contribution in [1.29, 1.82) is 0 Å². The average Bonchev–Trinajstić information content (AvgIpc) is 3.32. The number of hydrogen-bond donors (Lipinski definition) is 2. The highest BCUT2D eigenvalue weighted by Crippen LogP contribution is 2.39. The van der Waals surface area contributed by atoms with Gasteiger partial charge in [-0.25, -0.2) is 0 Å². The number of rotatable bonds is 6. The molecule has 2 aromatic carbocycles. The third-order valence-electron chi connectivity index (χ3n) is 5.78. The van der Waals surface area contributed by atoms with E-state index in [0.29, 0.717) is 13.0 Å². The van der Waals surface area contributed by atoms with Crippen LogP contribution < -0.4 is 0 Å². The molecule has 0 radical (unpaired) electrons. The van der Waals surface area contributed by atoms with Gasteiger partial charge in [0.1, 0.15) is 0 Å². The number of aromatic amines is 1. The van der Waals surface area contributed by atoms with Crippen LogP contribution in [-0.2, 0) is 25.6 Å². The summed E-state index contributed by atoms with van der Waals surface area (Å²) in [6.07, 6.45) is 2.83. The summed E-state index contributed by atoms with van der Waals surface area (Å²) in [6.45, 7) is 5.96. The van der Waals surface area contributed by atoms with Gasteiger partial charge in [0.2, 0.25) is 0 Å². The van der Waals surface area contributed by atoms with Crippen molar-refractivity contribution in [3.63, 3.8) is 0 Å². The molecule has 2 N–H and O–H groups in total. The van der Waals surface area contributed by atoms with Crippen LogP contribution in [0.4, 0.5) is 0 Å². The van der Waals surface area contributed by atoms with Gasteiger partial charge in [0.05, 0.1) is 11.6 Å². The molecule has 0 bridgehead atoms. The number of para-hydroxylation sites is 1. The maximum absolute atomic E-state index is 13.0. The number of Topliss-reactive ketones (excluding diaryl/α,β-unsaturated/α-hetero) is 1. The Balaban J connectivity index is 0.000000968. The number of nitrogens with zero attached hydrogens (tertiary/aromatic N) is 1. The van der Waals surface area contributed by atoms with E-state index in [2.05, 4.69) is 4.98 Å². The van der Waals surface area contributed by atoms with Gasteiger partial charge in [0.25, 0.3) is 5.91 Å². The Morgan fingerprint density at radius 2 is 1.76 bits per heavy atom. The number of H-pyrrole nitrogens is 1. The Labute approximate surface area is 191 Å². The monoisotopic (exact) mass is 446 g/mol. The molecule has 1 amide bonds. The molecule has 0 aliphatic carbocycles. The van der Waals surface area contributed by atoms with Crippen molar-refractivity contribution < 1.29 is 24.3 Å². The van der Waals surface area contributed by atoms with E-state index in [1.54, 1.807) is 18.7 Å². The van der Waals surface area contributed by atoms with E-state index in [9.17, 15) is 14.7 Å². The van der Waals surface area contributed by atoms with Crippen LogP contribution in [0.5, 0.6) is 0 Å². The Morgan fingerprint density at radius 1 is 1.12 bits per heavy atom. The van der Waals surface area contributed by atoms with Crippen LogP contribution in [0.2, 0.25) is 0 Å². The van der Waals surface area contributed by atoms with Crippen LogP contribution in [0.25, 0.3) is 10.9 Å². The molecular weight excluding hydrogens is 420 g/mol. The predicted octanol–water partition coefficient (Wildman–Crippen LogP) is 4.06. The van der Waals surface area contributed by atoms with Crippen molar-refractivity contribution in [2.75, 3.05) is 6.54 Å². The van der Waals surface area contributed by atoms with Gasteiger partial charge < -0.3 is 15.0 Å². The normalized spacial score (nSPS) is 15.6. The van der Waals surface area contributed by atoms with E-state index in [4.69, 9.17) is 9.59 Å². The summed E-state index contributed by atoms with van der Waals surface area (Å²) in [7, 11) is 0. The maximum Gasteiger partial charge on any atom is 0.373 e. The lowest BCUT2D eigenvalue weighted by atomic mass is 9.91. The van der Waals surface area contributed by atoms with Crippen LogP contribution >= 0.6 is 0 Å². The number of carbonyl (C=O) groups excluding carboxylic acids is 4. The van der Waals surface area contributed by atoms with Gasteiger partial charge in [-0.2, -0.15) is 9.59 Å². The summed E-state index contributed by atoms with van der Waals surface area (Å²) in [5.41, 5.74) is 4.29. The van der Waals surface area contributed by atoms with E-state index in [1.165, 1.54) is 0 Å². The molecule has 0 fully saturated rings. The van der Waals surface area contributed by atoms with Crippen LogP contribution in [0, 0.1) is 12.8 Å². The molecule has 7 heteroatoms. The number of aliphatic hydroxyl groups is 1. The second-order valence-electron chi connectivity index (χ2n) is 8.29. The minimum absolute atomic E-state index is 0.194. The zero-order valence-electron chi connectivity index (χ0n) is 18.8. The van der Waals surface area contributed by atoms with Gasteiger partial charge in [0, 0.05) is 29.6 Å². The summed E-state index contributed by atoms with van der Waals surface area (Å²) in [5.74, 6) is -1.40. The molecular formula is C26H26N2O5.